The van der Waals surface area contributed by atoms with Crippen LogP contribution in [0.3, 0.4) is 0 Å². The number of hydrogen-bond donors (Lipinski definition) is 2. The highest BCUT2D eigenvalue weighted by Gasteiger charge is 2.01. The maximum Gasteiger partial charge on any atom is 0.130 e. The molecule has 0 amide bonds. The standard InChI is InChI=1S/C10H17N3OS/c1-3-11-9-7-10(13-8(2)12-9)15-6-4-5-14/h7,14H,3-6H2,1-2H3,(H,11,12,13). The quantitative estimate of drug-likeness (QED) is 0.440. The summed E-state index contributed by atoms with van der Waals surface area (Å²) >= 11 is 1.65. The molecular weight excluding hydrogens is 210 g/mol. The van der Waals surface area contributed by atoms with Crippen molar-refractivity contribution in [3.63, 3.8) is 0 Å². The lowest BCUT2D eigenvalue weighted by Crippen LogP contribution is -2.02. The SMILES string of the molecule is CCNc1cc(SCCCO)nc(C)n1. The molecule has 0 spiro atoms. The van der Waals surface area contributed by atoms with Gasteiger partial charge in [-0.1, -0.05) is 0 Å². The summed E-state index contributed by atoms with van der Waals surface area (Å²) in [6.07, 6.45) is 0.796. The van der Waals surface area contributed by atoms with Crippen molar-refractivity contribution in [1.82, 2.24) is 9.97 Å². The van der Waals surface area contributed by atoms with Crippen LogP contribution in [0.2, 0.25) is 0 Å². The van der Waals surface area contributed by atoms with Gasteiger partial charge in [0.05, 0.1) is 0 Å². The van der Waals surface area contributed by atoms with Crippen LogP contribution in [0, 0.1) is 6.92 Å². The van der Waals surface area contributed by atoms with E-state index >= 15 is 0 Å². The van der Waals surface area contributed by atoms with Gasteiger partial charge in [0.15, 0.2) is 0 Å². The van der Waals surface area contributed by atoms with E-state index in [4.69, 9.17) is 5.11 Å². The van der Waals surface area contributed by atoms with Crippen molar-refractivity contribution >= 4 is 17.6 Å². The van der Waals surface area contributed by atoms with Crippen LogP contribution in [0.15, 0.2) is 11.1 Å². The molecule has 5 heteroatoms. The van der Waals surface area contributed by atoms with Crippen molar-refractivity contribution in [2.45, 2.75) is 25.3 Å². The average Bonchev–Trinajstić information content (AvgIpc) is 2.18. The Balaban J connectivity index is 2.62. The molecule has 1 rings (SSSR count). The first-order valence-electron chi connectivity index (χ1n) is 5.09. The Hall–Kier alpha value is -0.810. The minimum Gasteiger partial charge on any atom is -0.396 e. The Bertz CT molecular complexity index is 307. The monoisotopic (exact) mass is 227 g/mol. The third-order valence-corrected chi connectivity index (χ3v) is 2.72. The number of aromatic nitrogens is 2. The molecule has 0 aromatic carbocycles. The van der Waals surface area contributed by atoms with E-state index in [2.05, 4.69) is 15.3 Å². The van der Waals surface area contributed by atoms with Crippen molar-refractivity contribution in [2.24, 2.45) is 0 Å². The van der Waals surface area contributed by atoms with Gasteiger partial charge in [-0.05, 0) is 20.3 Å². The third-order valence-electron chi connectivity index (χ3n) is 1.72. The van der Waals surface area contributed by atoms with Crippen LogP contribution in [0.1, 0.15) is 19.2 Å². The Morgan fingerprint density at radius 3 is 2.93 bits per heavy atom. The van der Waals surface area contributed by atoms with Gasteiger partial charge in [0.25, 0.3) is 0 Å². The highest BCUT2D eigenvalue weighted by molar-refractivity contribution is 7.99. The second-order valence-corrected chi connectivity index (χ2v) is 4.21. The van der Waals surface area contributed by atoms with Crippen LogP contribution in [0.4, 0.5) is 5.82 Å². The van der Waals surface area contributed by atoms with Crippen LogP contribution < -0.4 is 5.32 Å². The number of aliphatic hydroxyl groups is 1. The summed E-state index contributed by atoms with van der Waals surface area (Å²) in [7, 11) is 0. The van der Waals surface area contributed by atoms with Gasteiger partial charge in [-0.2, -0.15) is 0 Å². The van der Waals surface area contributed by atoms with E-state index < -0.39 is 0 Å². The van der Waals surface area contributed by atoms with Crippen LogP contribution in [-0.4, -0.2) is 34.0 Å². The first kappa shape index (κ1) is 12.3. The second kappa shape index (κ2) is 6.63. The topological polar surface area (TPSA) is 58.0 Å². The number of thioether (sulfide) groups is 1. The van der Waals surface area contributed by atoms with Crippen LogP contribution in [-0.2, 0) is 0 Å². The predicted molar refractivity (Wildman–Crippen MR) is 63.4 cm³/mol. The number of aliphatic hydroxyl groups excluding tert-OH is 1. The molecule has 0 bridgehead atoms. The molecule has 0 radical (unpaired) electrons. The van der Waals surface area contributed by atoms with E-state index in [1.807, 2.05) is 19.9 Å². The summed E-state index contributed by atoms with van der Waals surface area (Å²) < 4.78 is 0. The van der Waals surface area contributed by atoms with Gasteiger partial charge in [-0.15, -0.1) is 11.8 Å². The van der Waals surface area contributed by atoms with E-state index in [1.54, 1.807) is 11.8 Å². The van der Waals surface area contributed by atoms with Crippen molar-refractivity contribution in [3.8, 4) is 0 Å². The molecule has 4 nitrogen and oxygen atoms in total. The molecule has 84 valence electrons. The highest BCUT2D eigenvalue weighted by atomic mass is 32.2. The fraction of sp³-hybridized carbons (Fsp3) is 0.600. The summed E-state index contributed by atoms with van der Waals surface area (Å²) in [6.45, 7) is 5.02. The molecule has 0 aliphatic heterocycles. The van der Waals surface area contributed by atoms with E-state index in [0.29, 0.717) is 0 Å². The first-order chi connectivity index (χ1) is 7.26. The van der Waals surface area contributed by atoms with Gasteiger partial charge >= 0.3 is 0 Å². The van der Waals surface area contributed by atoms with Gasteiger partial charge < -0.3 is 10.4 Å². The zero-order valence-corrected chi connectivity index (χ0v) is 9.97. The Labute approximate surface area is 94.5 Å². The molecule has 1 aromatic rings. The first-order valence-corrected chi connectivity index (χ1v) is 6.08. The predicted octanol–water partition coefficient (Wildman–Crippen LogP) is 1.69. The van der Waals surface area contributed by atoms with Crippen LogP contribution in [0.25, 0.3) is 0 Å². The van der Waals surface area contributed by atoms with Crippen LogP contribution >= 0.6 is 11.8 Å². The zero-order valence-electron chi connectivity index (χ0n) is 9.16. The van der Waals surface area contributed by atoms with Gasteiger partial charge in [0.1, 0.15) is 16.7 Å². The lowest BCUT2D eigenvalue weighted by atomic mass is 10.5. The van der Waals surface area contributed by atoms with Gasteiger partial charge in [0, 0.05) is 25.0 Å². The van der Waals surface area contributed by atoms with E-state index in [0.717, 1.165) is 35.4 Å². The zero-order chi connectivity index (χ0) is 11.1. The molecule has 0 saturated carbocycles. The van der Waals surface area contributed by atoms with Crippen molar-refractivity contribution in [3.05, 3.63) is 11.9 Å². The van der Waals surface area contributed by atoms with Crippen LogP contribution in [0.5, 0.6) is 0 Å². The largest absolute Gasteiger partial charge is 0.396 e. The molecular formula is C10H17N3OS. The number of anilines is 1. The van der Waals surface area contributed by atoms with Gasteiger partial charge in [-0.25, -0.2) is 9.97 Å². The van der Waals surface area contributed by atoms with E-state index in [9.17, 15) is 0 Å². The minimum atomic E-state index is 0.233. The number of nitrogens with one attached hydrogen (secondary N) is 1. The summed E-state index contributed by atoms with van der Waals surface area (Å²) in [4.78, 5) is 8.58. The second-order valence-electron chi connectivity index (χ2n) is 3.09. The molecule has 0 saturated heterocycles. The number of hydrogen-bond acceptors (Lipinski definition) is 5. The Kier molecular flexibility index (Phi) is 5.42. The number of aryl methyl sites for hydroxylation is 1. The van der Waals surface area contributed by atoms with E-state index in [1.165, 1.54) is 0 Å². The summed E-state index contributed by atoms with van der Waals surface area (Å²) in [5, 5.41) is 12.8. The molecule has 0 fully saturated rings. The van der Waals surface area contributed by atoms with E-state index in [-0.39, 0.29) is 6.61 Å². The molecule has 0 unspecified atom stereocenters. The van der Waals surface area contributed by atoms with Crippen molar-refractivity contribution < 1.29 is 5.11 Å². The average molecular weight is 227 g/mol. The van der Waals surface area contributed by atoms with Gasteiger partial charge in [-0.3, -0.25) is 0 Å². The molecule has 0 aliphatic carbocycles. The van der Waals surface area contributed by atoms with Gasteiger partial charge in [0.2, 0.25) is 0 Å². The maximum absolute atomic E-state index is 8.68. The highest BCUT2D eigenvalue weighted by Crippen LogP contribution is 2.19. The summed E-state index contributed by atoms with van der Waals surface area (Å²) in [5.41, 5.74) is 0. The number of nitrogens with zero attached hydrogens (tertiary/aromatic N) is 2. The molecule has 0 aliphatic rings. The Morgan fingerprint density at radius 1 is 1.47 bits per heavy atom. The molecule has 15 heavy (non-hydrogen) atoms. The summed E-state index contributed by atoms with van der Waals surface area (Å²) in [6, 6.07) is 1.94. The van der Waals surface area contributed by atoms with Crippen molar-refractivity contribution in [1.29, 1.82) is 0 Å². The molecule has 1 heterocycles. The van der Waals surface area contributed by atoms with Crippen molar-refractivity contribution in [2.75, 3.05) is 24.2 Å². The maximum atomic E-state index is 8.68. The minimum absolute atomic E-state index is 0.233. The lowest BCUT2D eigenvalue weighted by Gasteiger charge is -2.06. The smallest absolute Gasteiger partial charge is 0.130 e. The molecule has 0 atom stereocenters. The molecule has 2 N–H and O–H groups in total. The fourth-order valence-electron chi connectivity index (χ4n) is 1.13. The Morgan fingerprint density at radius 2 is 2.27 bits per heavy atom. The fourth-order valence-corrected chi connectivity index (χ4v) is 2.00. The normalized spacial score (nSPS) is 10.3. The summed E-state index contributed by atoms with van der Waals surface area (Å²) in [5.74, 6) is 2.54. The number of rotatable bonds is 6. The molecule has 1 aromatic heterocycles. The lowest BCUT2D eigenvalue weighted by molar-refractivity contribution is 0.296. The third kappa shape index (κ3) is 4.48.